The largest absolute Gasteiger partial charge is 0.508 e. The van der Waals surface area contributed by atoms with Crippen molar-refractivity contribution in [1.29, 1.82) is 0 Å². The minimum atomic E-state index is -0.440. The SMILES string of the molecule is CCCCCCCCCOC(=O)O[C@H]1CC[C@@]2(C)C(=CC[C@H]3[C@H]4CC[C@H](CCCCCCCC)[C@@]4(C)CC[C@H]32)C1. The summed E-state index contributed by atoms with van der Waals surface area (Å²) in [5, 5.41) is 0. The second kappa shape index (κ2) is 15.5. The molecule has 0 heterocycles. The lowest BCUT2D eigenvalue weighted by Crippen LogP contribution is -2.50. The third kappa shape index (κ3) is 7.69. The highest BCUT2D eigenvalue weighted by Gasteiger charge is 2.58. The van der Waals surface area contributed by atoms with Crippen LogP contribution in [0, 0.1) is 34.5 Å². The molecule has 3 saturated carbocycles. The van der Waals surface area contributed by atoms with Crippen molar-refractivity contribution in [3.8, 4) is 0 Å². The third-order valence-corrected chi connectivity index (χ3v) is 12.4. The molecule has 0 aromatic carbocycles. The summed E-state index contributed by atoms with van der Waals surface area (Å²) in [5.74, 6) is 3.57. The fourth-order valence-electron chi connectivity index (χ4n) is 9.87. The molecule has 0 aromatic heterocycles. The second-order valence-corrected chi connectivity index (χ2v) is 14.8. The molecule has 3 fully saturated rings. The van der Waals surface area contributed by atoms with E-state index >= 15 is 0 Å². The van der Waals surface area contributed by atoms with E-state index in [1.807, 2.05) is 0 Å². The Hall–Kier alpha value is -0.990. The number of carbonyl (C=O) groups is 1. The zero-order valence-corrected chi connectivity index (χ0v) is 27.0. The molecule has 0 aromatic rings. The Morgan fingerprint density at radius 2 is 1.48 bits per heavy atom. The minimum absolute atomic E-state index is 0.000498. The molecule has 4 aliphatic carbocycles. The van der Waals surface area contributed by atoms with Crippen molar-refractivity contribution in [1.82, 2.24) is 0 Å². The molecule has 0 radical (unpaired) electrons. The predicted molar refractivity (Wildman–Crippen MR) is 167 cm³/mol. The topological polar surface area (TPSA) is 35.5 Å². The molecule has 3 nitrogen and oxygen atoms in total. The quantitative estimate of drug-likeness (QED) is 0.108. The van der Waals surface area contributed by atoms with Crippen LogP contribution in [0.15, 0.2) is 11.6 Å². The van der Waals surface area contributed by atoms with Crippen molar-refractivity contribution in [2.24, 2.45) is 34.5 Å². The first-order chi connectivity index (χ1) is 19.4. The highest BCUT2D eigenvalue weighted by atomic mass is 16.7. The zero-order chi connectivity index (χ0) is 28.4. The van der Waals surface area contributed by atoms with Gasteiger partial charge in [0.25, 0.3) is 0 Å². The average Bonchev–Trinajstić information content (AvgIpc) is 3.28. The summed E-state index contributed by atoms with van der Waals surface area (Å²) in [5.41, 5.74) is 2.48. The Bertz CT molecular complexity index is 803. The Morgan fingerprint density at radius 3 is 2.20 bits per heavy atom. The average molecular weight is 557 g/mol. The van der Waals surface area contributed by atoms with Gasteiger partial charge < -0.3 is 9.47 Å². The summed E-state index contributed by atoms with van der Waals surface area (Å²) in [7, 11) is 0. The smallest absolute Gasteiger partial charge is 0.434 e. The standard InChI is InChI=1S/C37H64O3/c1-5-7-9-11-13-15-17-27-39-35(38)40-31-23-25-37(4)30(28-31)19-21-32-33-22-20-29(18-16-14-12-10-8-6-2)36(33,3)26-24-34(32)37/h19,29,31-34H,5-18,20-28H2,1-4H3/t29-,31-,32-,33+,34+,36+,37-/m0/s1. The number of fused-ring (bicyclic) bond motifs is 5. The van der Waals surface area contributed by atoms with Gasteiger partial charge >= 0.3 is 6.16 Å². The molecule has 0 N–H and O–H groups in total. The van der Waals surface area contributed by atoms with E-state index in [0.29, 0.717) is 17.4 Å². The maximum atomic E-state index is 12.4. The summed E-state index contributed by atoms with van der Waals surface area (Å²) in [4.78, 5) is 12.4. The Morgan fingerprint density at radius 1 is 0.800 bits per heavy atom. The van der Waals surface area contributed by atoms with Crippen molar-refractivity contribution in [2.45, 2.75) is 175 Å². The fraction of sp³-hybridized carbons (Fsp3) is 0.919. The predicted octanol–water partition coefficient (Wildman–Crippen LogP) is 11.6. The van der Waals surface area contributed by atoms with Gasteiger partial charge in [0.1, 0.15) is 6.10 Å². The summed E-state index contributed by atoms with van der Waals surface area (Å²) in [6.07, 6.45) is 30.9. The van der Waals surface area contributed by atoms with Gasteiger partial charge in [-0.3, -0.25) is 0 Å². The molecule has 7 atom stereocenters. The molecule has 230 valence electrons. The molecule has 0 amide bonds. The van der Waals surface area contributed by atoms with Crippen molar-refractivity contribution < 1.29 is 14.3 Å². The normalized spacial score (nSPS) is 34.9. The second-order valence-electron chi connectivity index (χ2n) is 14.8. The van der Waals surface area contributed by atoms with Gasteiger partial charge in [-0.1, -0.05) is 116 Å². The number of ether oxygens (including phenoxy) is 2. The van der Waals surface area contributed by atoms with E-state index in [1.54, 1.807) is 5.57 Å². The molecule has 4 aliphatic rings. The lowest BCUT2D eigenvalue weighted by molar-refractivity contribution is -0.0563. The van der Waals surface area contributed by atoms with Crippen molar-refractivity contribution in [3.63, 3.8) is 0 Å². The van der Waals surface area contributed by atoms with Crippen LogP contribution in [0.3, 0.4) is 0 Å². The van der Waals surface area contributed by atoms with Crippen LogP contribution in [-0.4, -0.2) is 18.9 Å². The minimum Gasteiger partial charge on any atom is -0.434 e. The van der Waals surface area contributed by atoms with Crippen LogP contribution in [0.25, 0.3) is 0 Å². The lowest BCUT2D eigenvalue weighted by Gasteiger charge is -2.58. The molecule has 0 saturated heterocycles. The molecule has 0 unspecified atom stereocenters. The molecule has 3 heteroatoms. The van der Waals surface area contributed by atoms with Crippen LogP contribution >= 0.6 is 0 Å². The van der Waals surface area contributed by atoms with Crippen molar-refractivity contribution >= 4 is 6.16 Å². The Kier molecular flexibility index (Phi) is 12.4. The van der Waals surface area contributed by atoms with Gasteiger partial charge in [-0.2, -0.15) is 0 Å². The number of carbonyl (C=O) groups excluding carboxylic acids is 1. The third-order valence-electron chi connectivity index (χ3n) is 12.4. The van der Waals surface area contributed by atoms with E-state index < -0.39 is 6.16 Å². The molecule has 0 aliphatic heterocycles. The van der Waals surface area contributed by atoms with Gasteiger partial charge in [-0.25, -0.2) is 4.79 Å². The number of rotatable bonds is 16. The van der Waals surface area contributed by atoms with Crippen LogP contribution < -0.4 is 0 Å². The summed E-state index contributed by atoms with van der Waals surface area (Å²) in [6.45, 7) is 10.3. The van der Waals surface area contributed by atoms with E-state index in [9.17, 15) is 4.79 Å². The molecule has 0 bridgehead atoms. The zero-order valence-electron chi connectivity index (χ0n) is 27.0. The summed E-state index contributed by atoms with van der Waals surface area (Å²) in [6, 6.07) is 0. The number of allylic oxidation sites excluding steroid dienone is 1. The summed E-state index contributed by atoms with van der Waals surface area (Å²) >= 11 is 0. The van der Waals surface area contributed by atoms with Gasteiger partial charge in [0, 0.05) is 6.42 Å². The maximum Gasteiger partial charge on any atom is 0.508 e. The highest BCUT2D eigenvalue weighted by molar-refractivity contribution is 5.60. The van der Waals surface area contributed by atoms with Gasteiger partial charge in [-0.15, -0.1) is 0 Å². The van der Waals surface area contributed by atoms with E-state index in [-0.39, 0.29) is 6.10 Å². The fourth-order valence-corrected chi connectivity index (χ4v) is 9.87. The van der Waals surface area contributed by atoms with Crippen molar-refractivity contribution in [2.75, 3.05) is 6.61 Å². The van der Waals surface area contributed by atoms with Crippen LogP contribution in [-0.2, 0) is 9.47 Å². The Labute approximate surface area is 248 Å². The number of hydrogen-bond acceptors (Lipinski definition) is 3. The molecular weight excluding hydrogens is 492 g/mol. The summed E-state index contributed by atoms with van der Waals surface area (Å²) < 4.78 is 11.3. The van der Waals surface area contributed by atoms with E-state index in [4.69, 9.17) is 9.47 Å². The molecule has 4 rings (SSSR count). The van der Waals surface area contributed by atoms with Crippen LogP contribution in [0.5, 0.6) is 0 Å². The first-order valence-electron chi connectivity index (χ1n) is 17.9. The van der Waals surface area contributed by atoms with Gasteiger partial charge in [0.15, 0.2) is 0 Å². The van der Waals surface area contributed by atoms with E-state index in [0.717, 1.165) is 49.4 Å². The van der Waals surface area contributed by atoms with E-state index in [1.165, 1.54) is 116 Å². The van der Waals surface area contributed by atoms with Crippen LogP contribution in [0.4, 0.5) is 4.79 Å². The monoisotopic (exact) mass is 556 g/mol. The first-order valence-corrected chi connectivity index (χ1v) is 17.9. The van der Waals surface area contributed by atoms with Crippen LogP contribution in [0.1, 0.15) is 169 Å². The molecule has 40 heavy (non-hydrogen) atoms. The van der Waals surface area contributed by atoms with Gasteiger partial charge in [0.2, 0.25) is 0 Å². The molecular formula is C37H64O3. The van der Waals surface area contributed by atoms with Gasteiger partial charge in [-0.05, 0) is 92.3 Å². The first kappa shape index (κ1) is 31.9. The maximum absolute atomic E-state index is 12.4. The van der Waals surface area contributed by atoms with Crippen LogP contribution in [0.2, 0.25) is 0 Å². The number of hydrogen-bond donors (Lipinski definition) is 0. The Balaban J connectivity index is 1.22. The number of unbranched alkanes of at least 4 members (excludes halogenated alkanes) is 11. The van der Waals surface area contributed by atoms with Gasteiger partial charge in [0.05, 0.1) is 6.61 Å². The lowest BCUT2D eigenvalue weighted by atomic mass is 9.47. The molecule has 0 spiro atoms. The highest BCUT2D eigenvalue weighted by Crippen LogP contribution is 2.66. The van der Waals surface area contributed by atoms with Crippen molar-refractivity contribution in [3.05, 3.63) is 11.6 Å². The van der Waals surface area contributed by atoms with E-state index in [2.05, 4.69) is 33.8 Å².